The van der Waals surface area contributed by atoms with Gasteiger partial charge in [0.25, 0.3) is 0 Å². The molecule has 0 aromatic carbocycles. The number of nitrogens with zero attached hydrogens (tertiary/aromatic N) is 1. The number of thioether (sulfide) groups is 1. The summed E-state index contributed by atoms with van der Waals surface area (Å²) in [7, 11) is 1.52. The van der Waals surface area contributed by atoms with Crippen molar-refractivity contribution < 1.29 is 32.5 Å². The second-order valence-corrected chi connectivity index (χ2v) is 5.27. The molecule has 3 N–H and O–H groups in total. The van der Waals surface area contributed by atoms with E-state index in [4.69, 9.17) is 9.84 Å². The molecule has 6 atom stereocenters. The average Bonchev–Trinajstić information content (AvgIpc) is 2.75. The first kappa shape index (κ1) is 14.8. The van der Waals surface area contributed by atoms with E-state index in [2.05, 4.69) is 10.3 Å². The van der Waals surface area contributed by atoms with Gasteiger partial charge < -0.3 is 20.3 Å². The molecule has 1 fully saturated rings. The molecule has 0 unspecified atom stereocenters. The molecule has 0 spiro atoms. The molecule has 0 bridgehead atoms. The van der Waals surface area contributed by atoms with E-state index in [-0.39, 0.29) is 0 Å². The predicted octanol–water partition coefficient (Wildman–Crippen LogP) is 0.0243. The van der Waals surface area contributed by atoms with Gasteiger partial charge in [0.2, 0.25) is 0 Å². The lowest BCUT2D eigenvalue weighted by Gasteiger charge is -2.39. The number of aliphatic hydroxyl groups is 2. The van der Waals surface area contributed by atoms with Gasteiger partial charge in [-0.05, 0) is 0 Å². The van der Waals surface area contributed by atoms with Crippen molar-refractivity contribution in [3.8, 4) is 0 Å². The molecular weight excluding hydrogens is 292 g/mol. The average molecular weight is 304 g/mol. The number of aliphatic imine (C=N–C) groups is 1. The van der Waals surface area contributed by atoms with Gasteiger partial charge in [-0.3, -0.25) is 4.99 Å². The maximum absolute atomic E-state index is 13.9. The van der Waals surface area contributed by atoms with E-state index < -0.39 is 42.1 Å². The van der Waals surface area contributed by atoms with Crippen LogP contribution in [0.25, 0.3) is 0 Å². The number of rotatable bonds is 1. The van der Waals surface area contributed by atoms with Crippen molar-refractivity contribution in [3.63, 3.8) is 0 Å². The van der Waals surface area contributed by atoms with Crippen LogP contribution in [0, 0.1) is 0 Å². The Morgan fingerprint density at radius 1 is 1.47 bits per heavy atom. The summed E-state index contributed by atoms with van der Waals surface area (Å²) in [6.07, 6.45) is -14.1. The Labute approximate surface area is 110 Å². The lowest BCUT2D eigenvalue weighted by Crippen LogP contribution is -2.59. The first-order chi connectivity index (χ1) is 8.75. The Morgan fingerprint density at radius 3 is 2.63 bits per heavy atom. The molecule has 5 nitrogen and oxygen atoms in total. The lowest BCUT2D eigenvalue weighted by atomic mass is 9.96. The monoisotopic (exact) mass is 304 g/mol. The van der Waals surface area contributed by atoms with E-state index in [1.807, 2.05) is 0 Å². The van der Waals surface area contributed by atoms with E-state index in [1.54, 1.807) is 0 Å². The quantitative estimate of drug-likeness (QED) is 0.596. The van der Waals surface area contributed by atoms with Crippen LogP contribution >= 0.6 is 11.8 Å². The van der Waals surface area contributed by atoms with Gasteiger partial charge >= 0.3 is 6.18 Å². The smallest absolute Gasteiger partial charge is 0.387 e. The van der Waals surface area contributed by atoms with Crippen molar-refractivity contribution in [1.82, 2.24) is 5.32 Å². The maximum atomic E-state index is 13.9. The van der Waals surface area contributed by atoms with Crippen LogP contribution in [0.2, 0.25) is 0 Å². The molecule has 2 heterocycles. The zero-order valence-corrected chi connectivity index (χ0v) is 10.5. The molecule has 2 aliphatic heterocycles. The molecule has 0 radical (unpaired) electrons. The molecule has 0 aliphatic carbocycles. The molecule has 1 saturated heterocycles. The summed E-state index contributed by atoms with van der Waals surface area (Å²) >= 11 is 0.919. The zero-order valence-electron chi connectivity index (χ0n) is 9.63. The van der Waals surface area contributed by atoms with E-state index in [9.17, 15) is 22.7 Å². The fraction of sp³-hybridized carbons (Fsp3) is 0.889. The van der Waals surface area contributed by atoms with Gasteiger partial charge in [-0.2, -0.15) is 13.2 Å². The van der Waals surface area contributed by atoms with Crippen molar-refractivity contribution in [2.24, 2.45) is 4.99 Å². The van der Waals surface area contributed by atoms with Gasteiger partial charge in [0.1, 0.15) is 23.7 Å². The summed E-state index contributed by atoms with van der Waals surface area (Å²) in [5.74, 6) is 0. The Hall–Kier alpha value is -0.580. The van der Waals surface area contributed by atoms with Gasteiger partial charge in [0, 0.05) is 7.05 Å². The van der Waals surface area contributed by atoms with E-state index in [0.29, 0.717) is 5.17 Å². The van der Waals surface area contributed by atoms with Crippen LogP contribution in [0.3, 0.4) is 0 Å². The SMILES string of the molecule is CNC1=N[C@@H]2[C@H](F)[C@H](O)[C@@H]([C@H](O)C(F)(F)F)O[C@@H]2S1. The fourth-order valence-corrected chi connectivity index (χ4v) is 2.98. The van der Waals surface area contributed by atoms with Gasteiger partial charge in [0.05, 0.1) is 0 Å². The predicted molar refractivity (Wildman–Crippen MR) is 59.5 cm³/mol. The van der Waals surface area contributed by atoms with Gasteiger partial charge in [-0.15, -0.1) is 0 Å². The first-order valence-electron chi connectivity index (χ1n) is 5.40. The van der Waals surface area contributed by atoms with Crippen LogP contribution in [0.1, 0.15) is 0 Å². The molecule has 19 heavy (non-hydrogen) atoms. The minimum Gasteiger partial charge on any atom is -0.387 e. The second kappa shape index (κ2) is 5.08. The van der Waals surface area contributed by atoms with Crippen LogP contribution < -0.4 is 5.32 Å². The summed E-state index contributed by atoms with van der Waals surface area (Å²) in [5, 5.41) is 21.6. The summed E-state index contributed by atoms with van der Waals surface area (Å²) in [5.41, 5.74) is -0.997. The summed E-state index contributed by atoms with van der Waals surface area (Å²) in [6.45, 7) is 0. The minimum absolute atomic E-state index is 0.312. The van der Waals surface area contributed by atoms with Crippen molar-refractivity contribution in [2.45, 2.75) is 42.1 Å². The van der Waals surface area contributed by atoms with Gasteiger partial charge in [0.15, 0.2) is 17.4 Å². The summed E-state index contributed by atoms with van der Waals surface area (Å²) in [6, 6.07) is -1.08. The molecule has 0 aromatic heterocycles. The van der Waals surface area contributed by atoms with E-state index >= 15 is 0 Å². The largest absolute Gasteiger partial charge is 0.417 e. The number of ether oxygens (including phenoxy) is 1. The van der Waals surface area contributed by atoms with E-state index in [1.165, 1.54) is 7.05 Å². The molecule has 0 amide bonds. The van der Waals surface area contributed by atoms with Crippen LogP contribution in [0.15, 0.2) is 4.99 Å². The number of fused-ring (bicyclic) bond motifs is 1. The van der Waals surface area contributed by atoms with Gasteiger partial charge in [-0.25, -0.2) is 4.39 Å². The maximum Gasteiger partial charge on any atom is 0.417 e. The number of nitrogens with one attached hydrogen (secondary N) is 1. The molecule has 2 rings (SSSR count). The summed E-state index contributed by atoms with van der Waals surface area (Å²) < 4.78 is 56.1. The Balaban J connectivity index is 2.16. The third-order valence-electron chi connectivity index (χ3n) is 2.91. The fourth-order valence-electron chi connectivity index (χ4n) is 1.93. The highest BCUT2D eigenvalue weighted by molar-refractivity contribution is 8.14. The third kappa shape index (κ3) is 2.67. The topological polar surface area (TPSA) is 74.1 Å². The molecule has 110 valence electrons. The van der Waals surface area contributed by atoms with Crippen LogP contribution in [0.4, 0.5) is 17.6 Å². The van der Waals surface area contributed by atoms with Crippen molar-refractivity contribution >= 4 is 16.9 Å². The van der Waals surface area contributed by atoms with Crippen LogP contribution in [0.5, 0.6) is 0 Å². The number of amidine groups is 1. The Morgan fingerprint density at radius 2 is 2.11 bits per heavy atom. The normalized spacial score (nSPS) is 40.6. The Bertz CT molecular complexity index is 381. The molecule has 10 heteroatoms. The lowest BCUT2D eigenvalue weighted by molar-refractivity contribution is -0.267. The van der Waals surface area contributed by atoms with Crippen LogP contribution in [-0.2, 0) is 4.74 Å². The van der Waals surface area contributed by atoms with Crippen LogP contribution in [-0.4, -0.2) is 64.6 Å². The number of hydrogen-bond acceptors (Lipinski definition) is 6. The third-order valence-corrected chi connectivity index (χ3v) is 4.07. The number of hydrogen-bond donors (Lipinski definition) is 3. The highest BCUT2D eigenvalue weighted by Crippen LogP contribution is 2.40. The molecule has 0 aromatic rings. The number of alkyl halides is 4. The van der Waals surface area contributed by atoms with Gasteiger partial charge in [-0.1, -0.05) is 11.8 Å². The number of aliphatic hydroxyl groups excluding tert-OH is 2. The zero-order chi connectivity index (χ0) is 14.4. The highest BCUT2D eigenvalue weighted by atomic mass is 32.2. The van der Waals surface area contributed by atoms with E-state index in [0.717, 1.165) is 11.8 Å². The second-order valence-electron chi connectivity index (χ2n) is 4.18. The van der Waals surface area contributed by atoms with Crippen molar-refractivity contribution in [1.29, 1.82) is 0 Å². The molecular formula is C9H12F4N2O3S. The Kier molecular flexibility index (Phi) is 3.96. The molecule has 0 saturated carbocycles. The standard InChI is InChI=1S/C9H12F4N2O3S/c1-14-8-15-3-2(10)4(16)5(18-7(3)19-8)6(17)9(11,12)13/h2-7,16-17H,1H3,(H,14,15)/t2-,3+,4-,5-,6-,7+/m0/s1. The highest BCUT2D eigenvalue weighted by Gasteiger charge is 2.56. The first-order valence-corrected chi connectivity index (χ1v) is 6.28. The van der Waals surface area contributed by atoms with Crippen molar-refractivity contribution in [3.05, 3.63) is 0 Å². The minimum atomic E-state index is -4.99. The van der Waals surface area contributed by atoms with Crippen molar-refractivity contribution in [2.75, 3.05) is 7.05 Å². The number of halogens is 4. The summed E-state index contributed by atoms with van der Waals surface area (Å²) in [4.78, 5) is 3.86. The molecule has 2 aliphatic rings.